The number of fused-ring (bicyclic) bond motifs is 1. The maximum atomic E-state index is 13.0. The van der Waals surface area contributed by atoms with E-state index in [0.717, 1.165) is 27.9 Å². The second-order valence-electron chi connectivity index (χ2n) is 7.77. The fourth-order valence-corrected chi connectivity index (χ4v) is 4.20. The molecule has 170 valence electrons. The van der Waals surface area contributed by atoms with Gasteiger partial charge in [-0.2, -0.15) is 5.10 Å². The first-order valence-electron chi connectivity index (χ1n) is 10.9. The molecule has 0 aliphatic carbocycles. The van der Waals surface area contributed by atoms with Crippen LogP contribution in [0.15, 0.2) is 59.7 Å². The molecule has 1 aromatic heterocycles. The highest BCUT2D eigenvalue weighted by Gasteiger charge is 2.34. The van der Waals surface area contributed by atoms with Gasteiger partial charge in [0.15, 0.2) is 0 Å². The van der Waals surface area contributed by atoms with Crippen molar-refractivity contribution in [2.24, 2.45) is 5.10 Å². The Morgan fingerprint density at radius 1 is 1.15 bits per heavy atom. The van der Waals surface area contributed by atoms with E-state index in [-0.39, 0.29) is 25.2 Å². The van der Waals surface area contributed by atoms with E-state index >= 15 is 0 Å². The monoisotopic (exact) mass is 465 g/mol. The van der Waals surface area contributed by atoms with Gasteiger partial charge in [-0.05, 0) is 43.2 Å². The molecular formula is C25H24ClN3O4. The number of benzene rings is 2. The summed E-state index contributed by atoms with van der Waals surface area (Å²) in [7, 11) is 0. The first kappa shape index (κ1) is 22.7. The topological polar surface area (TPSA) is 92.1 Å². The van der Waals surface area contributed by atoms with Crippen LogP contribution < -0.4 is 4.74 Å². The molecule has 0 radical (unpaired) electrons. The minimum absolute atomic E-state index is 0.0714. The number of hydrogen-bond donors (Lipinski definition) is 1. The third-order valence-electron chi connectivity index (χ3n) is 5.49. The predicted molar refractivity (Wildman–Crippen MR) is 127 cm³/mol. The molecule has 8 heteroatoms. The van der Waals surface area contributed by atoms with Crippen LogP contribution in [0.25, 0.3) is 10.9 Å². The number of halogens is 1. The summed E-state index contributed by atoms with van der Waals surface area (Å²) < 4.78 is 5.61. The average molecular weight is 466 g/mol. The Morgan fingerprint density at radius 2 is 1.94 bits per heavy atom. The number of carbonyl (C=O) groups is 2. The van der Waals surface area contributed by atoms with Crippen molar-refractivity contribution in [2.75, 3.05) is 6.61 Å². The number of aromatic nitrogens is 1. The van der Waals surface area contributed by atoms with Gasteiger partial charge < -0.3 is 9.84 Å². The Labute approximate surface area is 196 Å². The number of carbonyl (C=O) groups excluding carboxylic acids is 1. The number of carboxylic acid groups (broad SMARTS) is 1. The van der Waals surface area contributed by atoms with Gasteiger partial charge in [-0.25, -0.2) is 9.99 Å². The minimum Gasteiger partial charge on any atom is -0.494 e. The summed E-state index contributed by atoms with van der Waals surface area (Å²) in [6.07, 6.45) is 0.737. The number of hydrazone groups is 1. The number of carboxylic acids is 1. The zero-order valence-corrected chi connectivity index (χ0v) is 19.0. The number of ether oxygens (including phenoxy) is 1. The van der Waals surface area contributed by atoms with E-state index in [0.29, 0.717) is 23.7 Å². The molecule has 0 bridgehead atoms. The van der Waals surface area contributed by atoms with Crippen LogP contribution in [0.1, 0.15) is 49.8 Å². The Bertz CT molecular complexity index is 1210. The number of aliphatic carboxylic acids is 1. The molecule has 0 saturated heterocycles. The highest BCUT2D eigenvalue weighted by molar-refractivity contribution is 6.30. The molecule has 4 rings (SSSR count). The molecule has 33 heavy (non-hydrogen) atoms. The third-order valence-corrected chi connectivity index (χ3v) is 5.79. The van der Waals surface area contributed by atoms with Crippen molar-refractivity contribution in [3.05, 3.63) is 70.9 Å². The van der Waals surface area contributed by atoms with E-state index in [1.165, 1.54) is 5.01 Å². The van der Waals surface area contributed by atoms with Gasteiger partial charge in [0.2, 0.25) is 5.91 Å². The number of rotatable bonds is 8. The highest BCUT2D eigenvalue weighted by atomic mass is 35.5. The highest BCUT2D eigenvalue weighted by Crippen LogP contribution is 2.38. The van der Waals surface area contributed by atoms with E-state index in [1.807, 2.05) is 61.5 Å². The van der Waals surface area contributed by atoms with Crippen molar-refractivity contribution in [3.8, 4) is 5.75 Å². The lowest BCUT2D eigenvalue weighted by atomic mass is 9.98. The number of hydrogen-bond acceptors (Lipinski definition) is 5. The van der Waals surface area contributed by atoms with Crippen molar-refractivity contribution < 1.29 is 19.4 Å². The maximum absolute atomic E-state index is 13.0. The second-order valence-corrected chi connectivity index (χ2v) is 8.13. The minimum atomic E-state index is -0.930. The lowest BCUT2D eigenvalue weighted by Gasteiger charge is -2.23. The van der Waals surface area contributed by atoms with Gasteiger partial charge in [0.05, 0.1) is 23.9 Å². The molecule has 2 heterocycles. The molecule has 0 unspecified atom stereocenters. The number of nitrogens with zero attached hydrogens (tertiary/aromatic N) is 3. The Kier molecular flexibility index (Phi) is 6.89. The standard InChI is InChI=1S/C25H24ClN3O4/c1-2-33-18-11-12-20-17(13-18)14-19(25(26)27-20)22-15-21(16-7-4-3-5-8-16)28-29(22)23(30)9-6-10-24(31)32/h3-5,7-8,11-14,22H,2,6,9-10,15H2,1H3,(H,31,32)/t22-/m1/s1. The fraction of sp³-hybridized carbons (Fsp3) is 0.280. The zero-order chi connectivity index (χ0) is 23.4. The van der Waals surface area contributed by atoms with E-state index in [1.54, 1.807) is 0 Å². The van der Waals surface area contributed by atoms with Gasteiger partial charge in [0.1, 0.15) is 10.9 Å². The molecule has 0 spiro atoms. The normalized spacial score (nSPS) is 15.5. The van der Waals surface area contributed by atoms with E-state index in [2.05, 4.69) is 10.1 Å². The molecule has 1 amide bonds. The molecule has 7 nitrogen and oxygen atoms in total. The largest absolute Gasteiger partial charge is 0.494 e. The van der Waals surface area contributed by atoms with Crippen molar-refractivity contribution in [1.82, 2.24) is 9.99 Å². The summed E-state index contributed by atoms with van der Waals surface area (Å²) in [4.78, 5) is 28.5. The summed E-state index contributed by atoms with van der Waals surface area (Å²) in [6, 6.07) is 16.8. The summed E-state index contributed by atoms with van der Waals surface area (Å²) in [6.45, 7) is 2.47. The molecule has 1 aliphatic heterocycles. The van der Waals surface area contributed by atoms with Gasteiger partial charge in [0.25, 0.3) is 0 Å². The quantitative estimate of drug-likeness (QED) is 0.460. The number of amides is 1. The number of pyridine rings is 1. The second kappa shape index (κ2) is 10.0. The van der Waals surface area contributed by atoms with Gasteiger partial charge in [-0.3, -0.25) is 9.59 Å². The average Bonchev–Trinajstić information content (AvgIpc) is 3.25. The molecule has 1 N–H and O–H groups in total. The molecule has 2 aromatic carbocycles. The van der Waals surface area contributed by atoms with Gasteiger partial charge in [-0.1, -0.05) is 41.9 Å². The Balaban J connectivity index is 1.70. The molecule has 0 fully saturated rings. The van der Waals surface area contributed by atoms with Crippen LogP contribution in [0, 0.1) is 0 Å². The van der Waals surface area contributed by atoms with E-state index < -0.39 is 12.0 Å². The van der Waals surface area contributed by atoms with Gasteiger partial charge in [-0.15, -0.1) is 0 Å². The van der Waals surface area contributed by atoms with Crippen LogP contribution in [-0.4, -0.2) is 39.3 Å². The summed E-state index contributed by atoms with van der Waals surface area (Å²) in [5.41, 5.74) is 3.12. The molecule has 1 aliphatic rings. The predicted octanol–water partition coefficient (Wildman–Crippen LogP) is 5.22. The van der Waals surface area contributed by atoms with E-state index in [4.69, 9.17) is 21.4 Å². The van der Waals surface area contributed by atoms with Crippen LogP contribution in [0.3, 0.4) is 0 Å². The molecule has 0 saturated carbocycles. The van der Waals surface area contributed by atoms with Gasteiger partial charge >= 0.3 is 5.97 Å². The molecule has 3 aromatic rings. The summed E-state index contributed by atoms with van der Waals surface area (Å²) in [5, 5.41) is 16.1. The maximum Gasteiger partial charge on any atom is 0.303 e. The van der Waals surface area contributed by atoms with Crippen LogP contribution in [0.5, 0.6) is 5.75 Å². The molecule has 1 atom stereocenters. The summed E-state index contributed by atoms with van der Waals surface area (Å²) in [5.74, 6) is -0.443. The van der Waals surface area contributed by atoms with Crippen molar-refractivity contribution in [3.63, 3.8) is 0 Å². The Hall–Kier alpha value is -3.45. The SMILES string of the molecule is CCOc1ccc2nc(Cl)c([C@H]3CC(c4ccccc4)=NN3C(=O)CCCC(=O)O)cc2c1. The lowest BCUT2D eigenvalue weighted by molar-refractivity contribution is -0.137. The van der Waals surface area contributed by atoms with Crippen LogP contribution in [0.2, 0.25) is 5.15 Å². The molecular weight excluding hydrogens is 442 g/mol. The van der Waals surface area contributed by atoms with Crippen molar-refractivity contribution >= 4 is 40.1 Å². The van der Waals surface area contributed by atoms with Crippen LogP contribution in [0.4, 0.5) is 0 Å². The van der Waals surface area contributed by atoms with Gasteiger partial charge in [0, 0.05) is 30.2 Å². The Morgan fingerprint density at radius 3 is 2.67 bits per heavy atom. The van der Waals surface area contributed by atoms with E-state index in [9.17, 15) is 9.59 Å². The first-order valence-corrected chi connectivity index (χ1v) is 11.2. The zero-order valence-electron chi connectivity index (χ0n) is 18.2. The summed E-state index contributed by atoms with van der Waals surface area (Å²) >= 11 is 6.58. The lowest BCUT2D eigenvalue weighted by Crippen LogP contribution is -2.27. The smallest absolute Gasteiger partial charge is 0.303 e. The van der Waals surface area contributed by atoms with Crippen LogP contribution >= 0.6 is 11.6 Å². The fourth-order valence-electron chi connectivity index (χ4n) is 3.93. The van der Waals surface area contributed by atoms with Crippen molar-refractivity contribution in [2.45, 2.75) is 38.6 Å². The van der Waals surface area contributed by atoms with Crippen LogP contribution in [-0.2, 0) is 9.59 Å². The third kappa shape index (κ3) is 5.14. The first-order chi connectivity index (χ1) is 16.0. The van der Waals surface area contributed by atoms with Crippen molar-refractivity contribution in [1.29, 1.82) is 0 Å².